The summed E-state index contributed by atoms with van der Waals surface area (Å²) in [6.07, 6.45) is -4.84. The van der Waals surface area contributed by atoms with Crippen molar-refractivity contribution in [3.05, 3.63) is 59.2 Å². The monoisotopic (exact) mass is 394 g/mol. The molecule has 1 aliphatic rings. The minimum atomic E-state index is -6.56. The second-order valence-electron chi connectivity index (χ2n) is 6.11. The number of hydrogen-bond donors (Lipinski definition) is 0. The van der Waals surface area contributed by atoms with Crippen molar-refractivity contribution < 1.29 is 39.9 Å². The molecule has 0 unspecified atom stereocenters. The lowest BCUT2D eigenvalue weighted by Crippen LogP contribution is -2.60. The molecular weight excluding hydrogens is 384 g/mol. The van der Waals surface area contributed by atoms with Crippen molar-refractivity contribution >= 4 is 5.78 Å². The normalized spacial score (nSPS) is 14.3. The molecule has 2 aromatic rings. The first-order chi connectivity index (χ1) is 12.4. The maximum Gasteiger partial charge on any atom is 0.385 e. The molecule has 0 spiro atoms. The summed E-state index contributed by atoms with van der Waals surface area (Å²) in [5.41, 5.74) is 1.54. The fraction of sp³-hybridized carbons (Fsp3) is 0.278. The Kier molecular flexibility index (Phi) is 4.32. The number of Topliss-reactive ketones (excluding diaryl/α,β-unsaturated/α-hetero) is 1. The van der Waals surface area contributed by atoms with Gasteiger partial charge in [-0.25, -0.2) is 8.78 Å². The summed E-state index contributed by atoms with van der Waals surface area (Å²) in [5, 5.41) is 0. The van der Waals surface area contributed by atoms with E-state index >= 15 is 0 Å². The maximum atomic E-state index is 13.8. The third-order valence-corrected chi connectivity index (χ3v) is 4.43. The molecule has 144 valence electrons. The molecule has 0 amide bonds. The van der Waals surface area contributed by atoms with E-state index in [4.69, 9.17) is 0 Å². The quantitative estimate of drug-likeness (QED) is 0.406. The Morgan fingerprint density at radius 3 is 2.07 bits per heavy atom. The standard InChI is InChI=1S/C18H10F8O/c19-15(20)17(23,24)18(25,26)16(21,22)14(27)10-5-6-13-11(8-10)7-9-3-1-2-4-12(9)13/h1-6,8,15H,7H2. The van der Waals surface area contributed by atoms with Crippen LogP contribution in [-0.2, 0) is 6.42 Å². The minimum absolute atomic E-state index is 0.224. The van der Waals surface area contributed by atoms with E-state index in [1.165, 1.54) is 6.07 Å². The van der Waals surface area contributed by atoms with Gasteiger partial charge in [0.25, 0.3) is 0 Å². The minimum Gasteiger partial charge on any atom is -0.287 e. The fourth-order valence-electron chi connectivity index (χ4n) is 2.96. The number of fused-ring (bicyclic) bond motifs is 3. The molecule has 0 N–H and O–H groups in total. The zero-order valence-electron chi connectivity index (χ0n) is 13.3. The van der Waals surface area contributed by atoms with Crippen molar-refractivity contribution in [3.8, 4) is 11.1 Å². The first-order valence-electron chi connectivity index (χ1n) is 7.59. The Balaban J connectivity index is 1.98. The van der Waals surface area contributed by atoms with Gasteiger partial charge < -0.3 is 0 Å². The van der Waals surface area contributed by atoms with E-state index in [2.05, 4.69) is 0 Å². The Bertz CT molecular complexity index is 904. The van der Waals surface area contributed by atoms with Crippen LogP contribution in [0.2, 0.25) is 0 Å². The first kappa shape index (κ1) is 19.3. The van der Waals surface area contributed by atoms with Crippen molar-refractivity contribution in [2.75, 3.05) is 0 Å². The van der Waals surface area contributed by atoms with Gasteiger partial charge >= 0.3 is 24.2 Å². The van der Waals surface area contributed by atoms with Crippen molar-refractivity contribution in [1.82, 2.24) is 0 Å². The Morgan fingerprint density at radius 1 is 0.852 bits per heavy atom. The number of carbonyl (C=O) groups excluding carboxylic acids is 1. The zero-order chi connectivity index (χ0) is 20.2. The maximum absolute atomic E-state index is 13.8. The average molecular weight is 394 g/mol. The molecule has 0 aliphatic heterocycles. The highest BCUT2D eigenvalue weighted by Gasteiger charge is 2.77. The lowest BCUT2D eigenvalue weighted by atomic mass is 9.94. The second kappa shape index (κ2) is 6.03. The van der Waals surface area contributed by atoms with Crippen molar-refractivity contribution in [2.45, 2.75) is 30.6 Å². The molecule has 0 aromatic heterocycles. The highest BCUT2D eigenvalue weighted by molar-refractivity contribution is 6.03. The van der Waals surface area contributed by atoms with Gasteiger partial charge in [-0.05, 0) is 34.7 Å². The number of rotatable bonds is 5. The number of carbonyl (C=O) groups is 1. The van der Waals surface area contributed by atoms with Crippen LogP contribution in [0.5, 0.6) is 0 Å². The first-order valence-corrected chi connectivity index (χ1v) is 7.59. The van der Waals surface area contributed by atoms with Crippen LogP contribution in [0.25, 0.3) is 11.1 Å². The largest absolute Gasteiger partial charge is 0.385 e. The SMILES string of the molecule is O=C(c1ccc2c(c1)Cc1ccccc1-2)C(F)(F)C(F)(F)C(F)(F)C(F)F. The predicted molar refractivity (Wildman–Crippen MR) is 79.9 cm³/mol. The van der Waals surface area contributed by atoms with Crippen LogP contribution in [0, 0.1) is 0 Å². The molecule has 3 rings (SSSR count). The summed E-state index contributed by atoms with van der Waals surface area (Å²) >= 11 is 0. The van der Waals surface area contributed by atoms with Crippen LogP contribution in [0.15, 0.2) is 42.5 Å². The van der Waals surface area contributed by atoms with Crippen molar-refractivity contribution in [1.29, 1.82) is 0 Å². The number of alkyl halides is 8. The van der Waals surface area contributed by atoms with Gasteiger partial charge in [0.15, 0.2) is 0 Å². The fourth-order valence-corrected chi connectivity index (χ4v) is 2.96. The molecular formula is C18H10F8O. The van der Waals surface area contributed by atoms with E-state index in [-0.39, 0.29) is 6.42 Å². The van der Waals surface area contributed by atoms with Gasteiger partial charge in [0.2, 0.25) is 5.78 Å². The summed E-state index contributed by atoms with van der Waals surface area (Å²) in [6.45, 7) is 0. The van der Waals surface area contributed by atoms with Gasteiger partial charge in [-0.1, -0.05) is 36.4 Å². The van der Waals surface area contributed by atoms with Gasteiger partial charge in [0.1, 0.15) is 0 Å². The van der Waals surface area contributed by atoms with Gasteiger partial charge in [-0.15, -0.1) is 0 Å². The van der Waals surface area contributed by atoms with Gasteiger partial charge in [0, 0.05) is 5.56 Å². The number of hydrogen-bond acceptors (Lipinski definition) is 1. The van der Waals surface area contributed by atoms with Crippen molar-refractivity contribution in [3.63, 3.8) is 0 Å². The molecule has 27 heavy (non-hydrogen) atoms. The van der Waals surface area contributed by atoms with Crippen LogP contribution in [0.4, 0.5) is 35.1 Å². The summed E-state index contributed by atoms with van der Waals surface area (Å²) in [4.78, 5) is 11.8. The van der Waals surface area contributed by atoms with E-state index < -0.39 is 35.5 Å². The van der Waals surface area contributed by atoms with Crippen LogP contribution < -0.4 is 0 Å². The second-order valence-corrected chi connectivity index (χ2v) is 6.11. The van der Waals surface area contributed by atoms with Crippen LogP contribution in [0.1, 0.15) is 21.5 Å². The molecule has 1 aliphatic carbocycles. The Hall–Kier alpha value is -2.45. The summed E-state index contributed by atoms with van der Waals surface area (Å²) < 4.78 is 105. The van der Waals surface area contributed by atoms with Crippen LogP contribution in [0.3, 0.4) is 0 Å². The predicted octanol–water partition coefficient (Wildman–Crippen LogP) is 5.61. The Labute approximate surface area is 147 Å². The van der Waals surface area contributed by atoms with Crippen LogP contribution >= 0.6 is 0 Å². The lowest BCUT2D eigenvalue weighted by molar-refractivity contribution is -0.322. The van der Waals surface area contributed by atoms with Gasteiger partial charge in [0.05, 0.1) is 0 Å². The number of ketones is 1. The molecule has 0 atom stereocenters. The van der Waals surface area contributed by atoms with Crippen LogP contribution in [-0.4, -0.2) is 30.0 Å². The molecule has 0 bridgehead atoms. The number of halogens is 8. The molecule has 1 nitrogen and oxygen atoms in total. The van der Waals surface area contributed by atoms with E-state index in [1.54, 1.807) is 24.3 Å². The van der Waals surface area contributed by atoms with E-state index in [0.29, 0.717) is 11.1 Å². The molecule has 0 saturated heterocycles. The third kappa shape index (κ3) is 2.71. The molecule has 0 fully saturated rings. The molecule has 0 saturated carbocycles. The third-order valence-electron chi connectivity index (χ3n) is 4.43. The zero-order valence-corrected chi connectivity index (χ0v) is 13.3. The van der Waals surface area contributed by atoms with Gasteiger partial charge in [-0.3, -0.25) is 4.79 Å². The molecule has 9 heteroatoms. The van der Waals surface area contributed by atoms with E-state index in [0.717, 1.165) is 23.3 Å². The average Bonchev–Trinajstić information content (AvgIpc) is 2.98. The van der Waals surface area contributed by atoms with E-state index in [9.17, 15) is 39.9 Å². The number of benzene rings is 2. The van der Waals surface area contributed by atoms with Crippen molar-refractivity contribution in [2.24, 2.45) is 0 Å². The summed E-state index contributed by atoms with van der Waals surface area (Å²) in [5.74, 6) is -21.6. The highest BCUT2D eigenvalue weighted by Crippen LogP contribution is 2.50. The smallest absolute Gasteiger partial charge is 0.287 e. The highest BCUT2D eigenvalue weighted by atomic mass is 19.4. The lowest BCUT2D eigenvalue weighted by Gasteiger charge is -2.31. The van der Waals surface area contributed by atoms with Gasteiger partial charge in [-0.2, -0.15) is 26.3 Å². The summed E-state index contributed by atoms with van der Waals surface area (Å²) in [6, 6.07) is 9.81. The summed E-state index contributed by atoms with van der Waals surface area (Å²) in [7, 11) is 0. The molecule has 2 aromatic carbocycles. The molecule has 0 radical (unpaired) electrons. The molecule has 0 heterocycles. The van der Waals surface area contributed by atoms with E-state index in [1.807, 2.05) is 0 Å². The Morgan fingerprint density at radius 2 is 1.44 bits per heavy atom. The topological polar surface area (TPSA) is 17.1 Å².